The molecule has 1 rings (SSSR count). The SMILES string of the molecule is CC.N#CCc1ccccc1CCl. The Morgan fingerprint density at radius 2 is 1.77 bits per heavy atom. The van der Waals surface area contributed by atoms with E-state index in [1.807, 2.05) is 38.1 Å². The van der Waals surface area contributed by atoms with Gasteiger partial charge in [0.05, 0.1) is 12.5 Å². The quantitative estimate of drug-likeness (QED) is 0.663. The lowest BCUT2D eigenvalue weighted by Crippen LogP contribution is -1.88. The van der Waals surface area contributed by atoms with Gasteiger partial charge in [-0.3, -0.25) is 0 Å². The van der Waals surface area contributed by atoms with Crippen LogP contribution in [0.3, 0.4) is 0 Å². The van der Waals surface area contributed by atoms with Crippen LogP contribution in [0.2, 0.25) is 0 Å². The van der Waals surface area contributed by atoms with Gasteiger partial charge in [0.2, 0.25) is 0 Å². The summed E-state index contributed by atoms with van der Waals surface area (Å²) in [5, 5.41) is 8.45. The number of halogens is 1. The molecule has 2 heteroatoms. The molecule has 0 N–H and O–H groups in total. The molecular weight excluding hydrogens is 182 g/mol. The number of nitriles is 1. The maximum absolute atomic E-state index is 8.45. The normalized spacial score (nSPS) is 8.15. The van der Waals surface area contributed by atoms with Gasteiger partial charge in [0.1, 0.15) is 0 Å². The molecule has 0 heterocycles. The van der Waals surface area contributed by atoms with E-state index in [9.17, 15) is 0 Å². The fraction of sp³-hybridized carbons (Fsp3) is 0.364. The van der Waals surface area contributed by atoms with Crippen LogP contribution in [-0.4, -0.2) is 0 Å². The van der Waals surface area contributed by atoms with Gasteiger partial charge in [-0.05, 0) is 11.1 Å². The Balaban J connectivity index is 0.000000671. The van der Waals surface area contributed by atoms with Gasteiger partial charge in [0.15, 0.2) is 0 Å². The maximum atomic E-state index is 8.45. The molecule has 0 radical (unpaired) electrons. The second kappa shape index (κ2) is 7.64. The van der Waals surface area contributed by atoms with Gasteiger partial charge in [-0.25, -0.2) is 0 Å². The first kappa shape index (κ1) is 12.0. The molecule has 70 valence electrons. The molecule has 0 saturated heterocycles. The summed E-state index contributed by atoms with van der Waals surface area (Å²) in [5.41, 5.74) is 2.08. The highest BCUT2D eigenvalue weighted by Crippen LogP contribution is 2.11. The lowest BCUT2D eigenvalue weighted by molar-refractivity contribution is 1.20. The molecule has 0 aliphatic heterocycles. The van der Waals surface area contributed by atoms with Gasteiger partial charge in [0.25, 0.3) is 0 Å². The minimum Gasteiger partial charge on any atom is -0.198 e. The predicted octanol–water partition coefficient (Wildman–Crippen LogP) is 3.52. The van der Waals surface area contributed by atoms with E-state index < -0.39 is 0 Å². The van der Waals surface area contributed by atoms with Crippen LogP contribution >= 0.6 is 11.6 Å². The number of benzene rings is 1. The van der Waals surface area contributed by atoms with E-state index in [0.717, 1.165) is 11.1 Å². The molecule has 0 fully saturated rings. The fourth-order valence-electron chi connectivity index (χ4n) is 0.945. The van der Waals surface area contributed by atoms with Crippen LogP contribution in [0.15, 0.2) is 24.3 Å². The fourth-order valence-corrected chi connectivity index (χ4v) is 1.21. The molecule has 0 bridgehead atoms. The third-order valence-electron chi connectivity index (χ3n) is 1.53. The second-order valence-corrected chi connectivity index (χ2v) is 2.50. The monoisotopic (exact) mass is 195 g/mol. The summed E-state index contributed by atoms with van der Waals surface area (Å²) < 4.78 is 0. The van der Waals surface area contributed by atoms with Crippen molar-refractivity contribution in [2.75, 3.05) is 0 Å². The van der Waals surface area contributed by atoms with Crippen molar-refractivity contribution in [3.63, 3.8) is 0 Å². The van der Waals surface area contributed by atoms with Crippen LogP contribution in [0.5, 0.6) is 0 Å². The van der Waals surface area contributed by atoms with E-state index in [1.165, 1.54) is 0 Å². The van der Waals surface area contributed by atoms with Crippen molar-refractivity contribution in [2.45, 2.75) is 26.1 Å². The molecule has 0 unspecified atom stereocenters. The molecule has 0 aromatic heterocycles. The van der Waals surface area contributed by atoms with Crippen molar-refractivity contribution >= 4 is 11.6 Å². The number of hydrogen-bond donors (Lipinski definition) is 0. The van der Waals surface area contributed by atoms with Gasteiger partial charge in [-0.2, -0.15) is 5.26 Å². The smallest absolute Gasteiger partial charge is 0.0669 e. The number of rotatable bonds is 2. The highest BCUT2D eigenvalue weighted by Gasteiger charge is 1.97. The molecule has 1 aromatic carbocycles. The van der Waals surface area contributed by atoms with E-state index in [-0.39, 0.29) is 0 Å². The van der Waals surface area contributed by atoms with Crippen LogP contribution in [0.1, 0.15) is 25.0 Å². The van der Waals surface area contributed by atoms with Gasteiger partial charge in [-0.15, -0.1) is 11.6 Å². The Kier molecular flexibility index (Phi) is 7.05. The predicted molar refractivity (Wildman–Crippen MR) is 56.7 cm³/mol. The van der Waals surface area contributed by atoms with Crippen molar-refractivity contribution in [1.29, 1.82) is 5.26 Å². The summed E-state index contributed by atoms with van der Waals surface area (Å²) in [6.07, 6.45) is 0.447. The minimum atomic E-state index is 0.447. The zero-order valence-electron chi connectivity index (χ0n) is 8.05. The number of nitrogens with zero attached hydrogens (tertiary/aromatic N) is 1. The third-order valence-corrected chi connectivity index (χ3v) is 1.82. The first-order valence-corrected chi connectivity index (χ1v) is 4.91. The Labute approximate surface area is 85.0 Å². The summed E-state index contributed by atoms with van der Waals surface area (Å²) in [6, 6.07) is 9.82. The molecule has 0 aliphatic rings. The van der Waals surface area contributed by atoms with Gasteiger partial charge in [0, 0.05) is 5.88 Å². The first-order valence-electron chi connectivity index (χ1n) is 4.38. The van der Waals surface area contributed by atoms with E-state index in [2.05, 4.69) is 6.07 Å². The van der Waals surface area contributed by atoms with Gasteiger partial charge in [-0.1, -0.05) is 38.1 Å². The van der Waals surface area contributed by atoms with E-state index in [4.69, 9.17) is 16.9 Å². The molecular formula is C11H14ClN. The van der Waals surface area contributed by atoms with Crippen molar-refractivity contribution < 1.29 is 0 Å². The maximum Gasteiger partial charge on any atom is 0.0669 e. The molecule has 0 saturated carbocycles. The van der Waals surface area contributed by atoms with Crippen molar-refractivity contribution in [3.8, 4) is 6.07 Å². The van der Waals surface area contributed by atoms with Crippen LogP contribution < -0.4 is 0 Å². The van der Waals surface area contributed by atoms with Crippen LogP contribution in [0.4, 0.5) is 0 Å². The highest BCUT2D eigenvalue weighted by atomic mass is 35.5. The van der Waals surface area contributed by atoms with Crippen LogP contribution in [-0.2, 0) is 12.3 Å². The third kappa shape index (κ3) is 3.96. The largest absolute Gasteiger partial charge is 0.198 e. The lowest BCUT2D eigenvalue weighted by atomic mass is 10.1. The molecule has 0 spiro atoms. The van der Waals surface area contributed by atoms with Crippen molar-refractivity contribution in [2.24, 2.45) is 0 Å². The standard InChI is InChI=1S/C9H8ClN.C2H6/c10-7-9-4-2-1-3-8(9)5-6-11;1-2/h1-4H,5,7H2;1-2H3. The Morgan fingerprint density at radius 3 is 2.23 bits per heavy atom. The molecule has 1 nitrogen and oxygen atoms in total. The average molecular weight is 196 g/mol. The summed E-state index contributed by atoms with van der Waals surface area (Å²) in [7, 11) is 0. The summed E-state index contributed by atoms with van der Waals surface area (Å²) >= 11 is 5.66. The zero-order chi connectivity index (χ0) is 10.1. The zero-order valence-corrected chi connectivity index (χ0v) is 8.80. The van der Waals surface area contributed by atoms with E-state index in [1.54, 1.807) is 0 Å². The van der Waals surface area contributed by atoms with Crippen LogP contribution in [0, 0.1) is 11.3 Å². The van der Waals surface area contributed by atoms with Gasteiger partial charge >= 0.3 is 0 Å². The summed E-state index contributed by atoms with van der Waals surface area (Å²) in [4.78, 5) is 0. The molecule has 0 atom stereocenters. The van der Waals surface area contributed by atoms with Crippen LogP contribution in [0.25, 0.3) is 0 Å². The summed E-state index contributed by atoms with van der Waals surface area (Å²) in [6.45, 7) is 4.00. The van der Waals surface area contributed by atoms with E-state index in [0.29, 0.717) is 12.3 Å². The highest BCUT2D eigenvalue weighted by molar-refractivity contribution is 6.17. The summed E-state index contributed by atoms with van der Waals surface area (Å²) in [5.74, 6) is 0.484. The van der Waals surface area contributed by atoms with E-state index >= 15 is 0 Å². The number of hydrogen-bond acceptors (Lipinski definition) is 1. The van der Waals surface area contributed by atoms with Crippen molar-refractivity contribution in [1.82, 2.24) is 0 Å². The molecule has 0 aliphatic carbocycles. The molecule has 13 heavy (non-hydrogen) atoms. The van der Waals surface area contributed by atoms with Crippen molar-refractivity contribution in [3.05, 3.63) is 35.4 Å². The first-order chi connectivity index (χ1) is 6.38. The second-order valence-electron chi connectivity index (χ2n) is 2.24. The Hall–Kier alpha value is -1.00. The average Bonchev–Trinajstić information content (AvgIpc) is 2.22. The topological polar surface area (TPSA) is 23.8 Å². The Bertz CT molecular complexity index is 276. The minimum absolute atomic E-state index is 0.447. The van der Waals surface area contributed by atoms with Gasteiger partial charge < -0.3 is 0 Å². The molecule has 0 amide bonds. The lowest BCUT2D eigenvalue weighted by Gasteiger charge is -2.00. The molecule has 1 aromatic rings. The number of alkyl halides is 1. The Morgan fingerprint density at radius 1 is 1.23 bits per heavy atom.